The third-order valence-electron chi connectivity index (χ3n) is 4.84. The van der Waals surface area contributed by atoms with Gasteiger partial charge < -0.3 is 15.4 Å². The van der Waals surface area contributed by atoms with Crippen LogP contribution in [-0.2, 0) is 4.79 Å². The molecule has 6 heteroatoms. The second-order valence-electron chi connectivity index (χ2n) is 6.76. The Morgan fingerprint density at radius 3 is 2.81 bits per heavy atom. The molecule has 0 saturated carbocycles. The number of alkyl halides is 1. The Morgan fingerprint density at radius 2 is 2.04 bits per heavy atom. The minimum absolute atomic E-state index is 0.110. The molecule has 2 aromatic rings. The molecule has 2 heterocycles. The summed E-state index contributed by atoms with van der Waals surface area (Å²) in [4.78, 5) is 14.2. The van der Waals surface area contributed by atoms with E-state index < -0.39 is 6.17 Å². The van der Waals surface area contributed by atoms with Crippen LogP contribution < -0.4 is 15.4 Å². The fourth-order valence-electron chi connectivity index (χ4n) is 3.37. The summed E-state index contributed by atoms with van der Waals surface area (Å²) in [6.45, 7) is 2.60. The van der Waals surface area contributed by atoms with Gasteiger partial charge in [0.1, 0.15) is 18.5 Å². The monoisotopic (exact) mass is 367 g/mol. The standard InChI is InChI=1S/C21H22FN3O2/c22-15-9-10-25(14-15)11-12-27-17-7-5-16(6-8-17)23-13-19-18-3-1-2-4-20(18)24-21(19)26/h1-8,13,15,23H,9-12,14H2,(H,24,26)/b19-13+. The molecule has 0 aliphatic carbocycles. The summed E-state index contributed by atoms with van der Waals surface area (Å²) in [7, 11) is 0. The van der Waals surface area contributed by atoms with Crippen molar-refractivity contribution in [3.63, 3.8) is 0 Å². The van der Waals surface area contributed by atoms with Crippen LogP contribution in [0.2, 0.25) is 0 Å². The van der Waals surface area contributed by atoms with E-state index in [0.717, 1.165) is 35.8 Å². The van der Waals surface area contributed by atoms with Gasteiger partial charge in [0.05, 0.1) is 5.57 Å². The van der Waals surface area contributed by atoms with Crippen LogP contribution in [-0.4, -0.2) is 43.2 Å². The Morgan fingerprint density at radius 1 is 1.22 bits per heavy atom. The normalized spacial score (nSPS) is 20.6. The van der Waals surface area contributed by atoms with Crippen LogP contribution in [0.4, 0.5) is 15.8 Å². The molecule has 0 spiro atoms. The van der Waals surface area contributed by atoms with Gasteiger partial charge >= 0.3 is 0 Å². The second kappa shape index (κ2) is 7.80. The number of carbonyl (C=O) groups is 1. The lowest BCUT2D eigenvalue weighted by molar-refractivity contribution is -0.110. The zero-order chi connectivity index (χ0) is 18.6. The van der Waals surface area contributed by atoms with E-state index in [0.29, 0.717) is 25.1 Å². The van der Waals surface area contributed by atoms with Crippen LogP contribution in [0.15, 0.2) is 54.7 Å². The van der Waals surface area contributed by atoms with E-state index in [9.17, 15) is 9.18 Å². The highest BCUT2D eigenvalue weighted by Gasteiger charge is 2.23. The third kappa shape index (κ3) is 4.11. The first-order valence-corrected chi connectivity index (χ1v) is 9.16. The van der Waals surface area contributed by atoms with Gasteiger partial charge in [0.2, 0.25) is 0 Å². The van der Waals surface area contributed by atoms with Crippen LogP contribution in [0.25, 0.3) is 5.57 Å². The topological polar surface area (TPSA) is 53.6 Å². The zero-order valence-electron chi connectivity index (χ0n) is 15.0. The van der Waals surface area contributed by atoms with Gasteiger partial charge in [0.25, 0.3) is 5.91 Å². The van der Waals surface area contributed by atoms with E-state index in [1.807, 2.05) is 48.5 Å². The van der Waals surface area contributed by atoms with Crippen molar-refractivity contribution in [3.8, 4) is 5.75 Å². The maximum Gasteiger partial charge on any atom is 0.257 e. The fraction of sp³-hybridized carbons (Fsp3) is 0.286. The number of hydrogen-bond acceptors (Lipinski definition) is 4. The molecule has 2 N–H and O–H groups in total. The number of halogens is 1. The largest absolute Gasteiger partial charge is 0.492 e. The summed E-state index contributed by atoms with van der Waals surface area (Å²) in [5.74, 6) is 0.661. The summed E-state index contributed by atoms with van der Waals surface area (Å²) in [5.41, 5.74) is 3.21. The molecule has 2 aromatic carbocycles. The van der Waals surface area contributed by atoms with Gasteiger partial charge in [0.15, 0.2) is 0 Å². The summed E-state index contributed by atoms with van der Waals surface area (Å²) >= 11 is 0. The number of nitrogens with one attached hydrogen (secondary N) is 2. The average Bonchev–Trinajstić information content (AvgIpc) is 3.23. The molecule has 2 aliphatic rings. The first-order chi connectivity index (χ1) is 13.2. The Balaban J connectivity index is 1.31. The van der Waals surface area contributed by atoms with Gasteiger partial charge in [-0.05, 0) is 36.8 Å². The molecule has 0 aromatic heterocycles. The van der Waals surface area contributed by atoms with Crippen molar-refractivity contribution in [1.29, 1.82) is 0 Å². The fourth-order valence-corrected chi connectivity index (χ4v) is 3.37. The Kier molecular flexibility index (Phi) is 5.07. The van der Waals surface area contributed by atoms with E-state index in [1.165, 1.54) is 0 Å². The number of fused-ring (bicyclic) bond motifs is 1. The molecule has 140 valence electrons. The maximum absolute atomic E-state index is 13.1. The highest BCUT2D eigenvalue weighted by atomic mass is 19.1. The second-order valence-corrected chi connectivity index (χ2v) is 6.76. The number of benzene rings is 2. The number of carbonyl (C=O) groups excluding carboxylic acids is 1. The molecule has 1 saturated heterocycles. The number of hydrogen-bond donors (Lipinski definition) is 2. The number of nitrogens with zero attached hydrogens (tertiary/aromatic N) is 1. The van der Waals surface area contributed by atoms with E-state index in [1.54, 1.807) is 6.20 Å². The van der Waals surface area contributed by atoms with E-state index in [2.05, 4.69) is 15.5 Å². The quantitative estimate of drug-likeness (QED) is 0.767. The molecule has 2 aliphatic heterocycles. The minimum Gasteiger partial charge on any atom is -0.492 e. The highest BCUT2D eigenvalue weighted by Crippen LogP contribution is 2.31. The average molecular weight is 367 g/mol. The Bertz CT molecular complexity index is 851. The van der Waals surface area contributed by atoms with E-state index >= 15 is 0 Å². The smallest absolute Gasteiger partial charge is 0.257 e. The molecule has 1 atom stereocenters. The third-order valence-corrected chi connectivity index (χ3v) is 4.84. The van der Waals surface area contributed by atoms with Crippen LogP contribution in [0.5, 0.6) is 5.75 Å². The summed E-state index contributed by atoms with van der Waals surface area (Å²) in [5, 5.41) is 6.01. The molecule has 1 fully saturated rings. The van der Waals surface area contributed by atoms with Gasteiger partial charge in [0, 0.05) is 42.8 Å². The Labute approximate surface area is 157 Å². The van der Waals surface area contributed by atoms with Gasteiger partial charge in [-0.25, -0.2) is 4.39 Å². The first kappa shape index (κ1) is 17.5. The molecule has 1 amide bonds. The molecular formula is C21H22FN3O2. The lowest BCUT2D eigenvalue weighted by Crippen LogP contribution is -2.26. The summed E-state index contributed by atoms with van der Waals surface area (Å²) in [6.07, 6.45) is 1.65. The molecule has 1 unspecified atom stereocenters. The van der Waals surface area contributed by atoms with Crippen LogP contribution in [0.3, 0.4) is 0 Å². The number of likely N-dealkylation sites (tertiary alicyclic amines) is 1. The summed E-state index contributed by atoms with van der Waals surface area (Å²) in [6, 6.07) is 15.2. The zero-order valence-corrected chi connectivity index (χ0v) is 15.0. The van der Waals surface area contributed by atoms with Crippen molar-refractivity contribution in [2.75, 3.05) is 36.9 Å². The highest BCUT2D eigenvalue weighted by molar-refractivity contribution is 6.31. The molecule has 0 bridgehead atoms. The van der Waals surface area contributed by atoms with Gasteiger partial charge in [-0.2, -0.15) is 0 Å². The molecule has 27 heavy (non-hydrogen) atoms. The molecular weight excluding hydrogens is 345 g/mol. The minimum atomic E-state index is -0.696. The van der Waals surface area contributed by atoms with Crippen molar-refractivity contribution in [1.82, 2.24) is 4.90 Å². The van der Waals surface area contributed by atoms with Gasteiger partial charge in [-0.15, -0.1) is 0 Å². The number of anilines is 2. The predicted octanol–water partition coefficient (Wildman–Crippen LogP) is 3.51. The Hall–Kier alpha value is -2.86. The number of ether oxygens (including phenoxy) is 1. The van der Waals surface area contributed by atoms with E-state index in [-0.39, 0.29) is 5.91 Å². The van der Waals surface area contributed by atoms with Crippen molar-refractivity contribution < 1.29 is 13.9 Å². The predicted molar refractivity (Wildman–Crippen MR) is 105 cm³/mol. The van der Waals surface area contributed by atoms with Gasteiger partial charge in [-0.1, -0.05) is 18.2 Å². The van der Waals surface area contributed by atoms with Crippen molar-refractivity contribution in [3.05, 3.63) is 60.3 Å². The molecule has 4 rings (SSSR count). The number of rotatable bonds is 6. The lowest BCUT2D eigenvalue weighted by atomic mass is 10.1. The maximum atomic E-state index is 13.1. The first-order valence-electron chi connectivity index (χ1n) is 9.16. The van der Waals surface area contributed by atoms with E-state index in [4.69, 9.17) is 4.74 Å². The van der Waals surface area contributed by atoms with Gasteiger partial charge in [-0.3, -0.25) is 9.69 Å². The van der Waals surface area contributed by atoms with Crippen molar-refractivity contribution in [2.24, 2.45) is 0 Å². The molecule has 0 radical (unpaired) electrons. The number of amides is 1. The lowest BCUT2D eigenvalue weighted by Gasteiger charge is -2.15. The van der Waals surface area contributed by atoms with Crippen LogP contribution in [0.1, 0.15) is 12.0 Å². The van der Waals surface area contributed by atoms with Crippen molar-refractivity contribution >= 4 is 22.9 Å². The summed E-state index contributed by atoms with van der Waals surface area (Å²) < 4.78 is 18.9. The van der Waals surface area contributed by atoms with Crippen LogP contribution >= 0.6 is 0 Å². The van der Waals surface area contributed by atoms with Crippen LogP contribution in [0, 0.1) is 0 Å². The SMILES string of the molecule is O=C1Nc2ccccc2/C1=C\Nc1ccc(OCCN2CCC(F)C2)cc1. The van der Waals surface area contributed by atoms with Crippen molar-refractivity contribution in [2.45, 2.75) is 12.6 Å². The number of para-hydroxylation sites is 1. The molecule has 5 nitrogen and oxygen atoms in total.